The summed E-state index contributed by atoms with van der Waals surface area (Å²) in [4.78, 5) is 8.65. The molecule has 0 fully saturated rings. The van der Waals surface area contributed by atoms with Crippen LogP contribution in [-0.4, -0.2) is 16.1 Å². The van der Waals surface area contributed by atoms with Crippen LogP contribution in [0, 0.1) is 0 Å². The standard InChI is InChI=1S/C16H17N3OS/c1-10(2)20-13-5-11(7-18-9-13)16(17)12-6-15-14(19-8-12)3-4-21-15/h3-10,16H,17H2,1-2H3. The van der Waals surface area contributed by atoms with Crippen LogP contribution < -0.4 is 10.5 Å². The maximum atomic E-state index is 6.34. The van der Waals surface area contributed by atoms with E-state index in [1.807, 2.05) is 37.6 Å². The molecule has 0 aliphatic heterocycles. The van der Waals surface area contributed by atoms with Gasteiger partial charge in [-0.2, -0.15) is 0 Å². The summed E-state index contributed by atoms with van der Waals surface area (Å²) < 4.78 is 6.81. The fourth-order valence-electron chi connectivity index (χ4n) is 2.17. The van der Waals surface area contributed by atoms with Gasteiger partial charge in [-0.1, -0.05) is 0 Å². The van der Waals surface area contributed by atoms with Crippen LogP contribution in [0.2, 0.25) is 0 Å². The van der Waals surface area contributed by atoms with Crippen LogP contribution >= 0.6 is 11.3 Å². The van der Waals surface area contributed by atoms with Gasteiger partial charge in [0.1, 0.15) is 5.75 Å². The fraction of sp³-hybridized carbons (Fsp3) is 0.250. The first-order valence-electron chi connectivity index (χ1n) is 6.84. The summed E-state index contributed by atoms with van der Waals surface area (Å²) in [6.07, 6.45) is 5.42. The Morgan fingerprint density at radius 2 is 1.95 bits per heavy atom. The Kier molecular flexibility index (Phi) is 3.86. The first kappa shape index (κ1) is 14.0. The van der Waals surface area contributed by atoms with E-state index in [1.165, 1.54) is 0 Å². The van der Waals surface area contributed by atoms with Crippen molar-refractivity contribution in [3.8, 4) is 5.75 Å². The van der Waals surface area contributed by atoms with Crippen LogP contribution in [0.15, 0.2) is 42.2 Å². The molecule has 0 aliphatic carbocycles. The molecule has 4 nitrogen and oxygen atoms in total. The second-order valence-corrected chi connectivity index (χ2v) is 6.12. The molecule has 0 aromatic carbocycles. The van der Waals surface area contributed by atoms with E-state index in [1.54, 1.807) is 23.7 Å². The van der Waals surface area contributed by atoms with Crippen molar-refractivity contribution in [3.05, 3.63) is 53.3 Å². The lowest BCUT2D eigenvalue weighted by Crippen LogP contribution is -2.13. The van der Waals surface area contributed by atoms with Crippen molar-refractivity contribution in [2.24, 2.45) is 5.73 Å². The van der Waals surface area contributed by atoms with Gasteiger partial charge in [0, 0.05) is 12.4 Å². The molecule has 21 heavy (non-hydrogen) atoms. The Labute approximate surface area is 127 Å². The number of nitrogens with two attached hydrogens (primary N) is 1. The summed E-state index contributed by atoms with van der Waals surface area (Å²) in [5.41, 5.74) is 9.25. The molecule has 1 unspecified atom stereocenters. The topological polar surface area (TPSA) is 61.0 Å². The summed E-state index contributed by atoms with van der Waals surface area (Å²) >= 11 is 1.67. The van der Waals surface area contributed by atoms with Crippen molar-refractivity contribution in [2.75, 3.05) is 0 Å². The minimum absolute atomic E-state index is 0.113. The fourth-order valence-corrected chi connectivity index (χ4v) is 2.96. The summed E-state index contributed by atoms with van der Waals surface area (Å²) in [7, 11) is 0. The Hall–Kier alpha value is -1.98. The second kappa shape index (κ2) is 5.79. The molecule has 0 amide bonds. The van der Waals surface area contributed by atoms with Crippen LogP contribution in [0.1, 0.15) is 31.0 Å². The number of aromatic nitrogens is 2. The molecule has 3 rings (SSSR count). The van der Waals surface area contributed by atoms with E-state index in [9.17, 15) is 0 Å². The number of pyridine rings is 2. The summed E-state index contributed by atoms with van der Waals surface area (Å²) in [5.74, 6) is 0.739. The van der Waals surface area contributed by atoms with E-state index < -0.39 is 0 Å². The van der Waals surface area contributed by atoms with Gasteiger partial charge in [0.2, 0.25) is 0 Å². The molecule has 0 saturated carbocycles. The molecule has 3 aromatic rings. The Morgan fingerprint density at radius 1 is 1.14 bits per heavy atom. The van der Waals surface area contributed by atoms with Gasteiger partial charge in [0.05, 0.1) is 28.6 Å². The SMILES string of the molecule is CC(C)Oc1cncc(C(N)c2cnc3ccsc3c2)c1. The molecule has 108 valence electrons. The normalized spacial score (nSPS) is 12.8. The lowest BCUT2D eigenvalue weighted by Gasteiger charge is -2.14. The lowest BCUT2D eigenvalue weighted by molar-refractivity contribution is 0.241. The van der Waals surface area contributed by atoms with Gasteiger partial charge in [-0.25, -0.2) is 0 Å². The Bertz CT molecular complexity index is 754. The number of hydrogen-bond acceptors (Lipinski definition) is 5. The summed E-state index contributed by atoms with van der Waals surface area (Å²) in [5, 5.41) is 2.03. The largest absolute Gasteiger partial charge is 0.489 e. The molecule has 2 N–H and O–H groups in total. The monoisotopic (exact) mass is 299 g/mol. The predicted molar refractivity (Wildman–Crippen MR) is 85.7 cm³/mol. The van der Waals surface area contributed by atoms with E-state index in [0.717, 1.165) is 27.1 Å². The average molecular weight is 299 g/mol. The number of thiophene rings is 1. The average Bonchev–Trinajstić information content (AvgIpc) is 2.93. The van der Waals surface area contributed by atoms with Crippen LogP contribution in [-0.2, 0) is 0 Å². The predicted octanol–water partition coefficient (Wildman–Crippen LogP) is 3.53. The van der Waals surface area contributed by atoms with E-state index in [-0.39, 0.29) is 12.1 Å². The highest BCUT2D eigenvalue weighted by molar-refractivity contribution is 7.17. The lowest BCUT2D eigenvalue weighted by atomic mass is 10.0. The first-order chi connectivity index (χ1) is 10.1. The number of nitrogens with zero attached hydrogens (tertiary/aromatic N) is 2. The van der Waals surface area contributed by atoms with Crippen LogP contribution in [0.5, 0.6) is 5.75 Å². The maximum absolute atomic E-state index is 6.34. The third kappa shape index (κ3) is 3.04. The smallest absolute Gasteiger partial charge is 0.138 e. The van der Waals surface area contributed by atoms with Crippen molar-refractivity contribution in [1.29, 1.82) is 0 Å². The van der Waals surface area contributed by atoms with Gasteiger partial charge in [-0.15, -0.1) is 11.3 Å². The van der Waals surface area contributed by atoms with Crippen LogP contribution in [0.3, 0.4) is 0 Å². The zero-order valence-corrected chi connectivity index (χ0v) is 12.8. The van der Waals surface area contributed by atoms with Gasteiger partial charge in [-0.05, 0) is 48.6 Å². The maximum Gasteiger partial charge on any atom is 0.138 e. The first-order valence-corrected chi connectivity index (χ1v) is 7.72. The minimum atomic E-state index is -0.257. The molecule has 5 heteroatoms. The van der Waals surface area contributed by atoms with Gasteiger partial charge < -0.3 is 10.5 Å². The zero-order chi connectivity index (χ0) is 14.8. The van der Waals surface area contributed by atoms with E-state index in [2.05, 4.69) is 16.0 Å². The quantitative estimate of drug-likeness (QED) is 0.800. The molecular formula is C16H17N3OS. The van der Waals surface area contributed by atoms with Crippen LogP contribution in [0.25, 0.3) is 10.2 Å². The van der Waals surface area contributed by atoms with E-state index in [0.29, 0.717) is 0 Å². The molecule has 0 saturated heterocycles. The highest BCUT2D eigenvalue weighted by atomic mass is 32.1. The third-order valence-corrected chi connectivity index (χ3v) is 4.00. The number of ether oxygens (including phenoxy) is 1. The number of hydrogen-bond donors (Lipinski definition) is 1. The van der Waals surface area contributed by atoms with Crippen molar-refractivity contribution in [2.45, 2.75) is 26.0 Å². The molecule has 3 heterocycles. The Morgan fingerprint density at radius 3 is 2.76 bits per heavy atom. The van der Waals surface area contributed by atoms with E-state index >= 15 is 0 Å². The van der Waals surface area contributed by atoms with Crippen molar-refractivity contribution >= 4 is 21.6 Å². The van der Waals surface area contributed by atoms with Gasteiger partial charge >= 0.3 is 0 Å². The van der Waals surface area contributed by atoms with Crippen LogP contribution in [0.4, 0.5) is 0 Å². The third-order valence-electron chi connectivity index (χ3n) is 3.15. The molecule has 0 spiro atoms. The zero-order valence-electron chi connectivity index (χ0n) is 12.0. The highest BCUT2D eigenvalue weighted by Gasteiger charge is 2.12. The number of rotatable bonds is 4. The molecule has 1 atom stereocenters. The Balaban J connectivity index is 1.91. The summed E-state index contributed by atoms with van der Waals surface area (Å²) in [6.45, 7) is 3.97. The van der Waals surface area contributed by atoms with Gasteiger partial charge in [0.15, 0.2) is 0 Å². The van der Waals surface area contributed by atoms with Gasteiger partial charge in [0.25, 0.3) is 0 Å². The highest BCUT2D eigenvalue weighted by Crippen LogP contribution is 2.26. The minimum Gasteiger partial charge on any atom is -0.489 e. The molecule has 0 radical (unpaired) electrons. The molecule has 0 bridgehead atoms. The molecule has 3 aromatic heterocycles. The van der Waals surface area contributed by atoms with Crippen molar-refractivity contribution in [1.82, 2.24) is 9.97 Å². The van der Waals surface area contributed by atoms with Crippen molar-refractivity contribution in [3.63, 3.8) is 0 Å². The van der Waals surface area contributed by atoms with Crippen molar-refractivity contribution < 1.29 is 4.74 Å². The summed E-state index contributed by atoms with van der Waals surface area (Å²) in [6, 6.07) is 5.78. The van der Waals surface area contributed by atoms with E-state index in [4.69, 9.17) is 10.5 Å². The second-order valence-electron chi connectivity index (χ2n) is 5.17. The number of fused-ring (bicyclic) bond motifs is 1. The molecule has 0 aliphatic rings. The molecular weight excluding hydrogens is 282 g/mol. The van der Waals surface area contributed by atoms with Gasteiger partial charge in [-0.3, -0.25) is 9.97 Å².